The van der Waals surface area contributed by atoms with Gasteiger partial charge in [-0.15, -0.1) is 24.0 Å². The van der Waals surface area contributed by atoms with E-state index in [0.29, 0.717) is 0 Å². The number of fused-ring (bicyclic) bond motifs is 1. The van der Waals surface area contributed by atoms with Gasteiger partial charge in [-0.1, -0.05) is 18.2 Å². The summed E-state index contributed by atoms with van der Waals surface area (Å²) in [5, 5.41) is 11.5. The first-order valence-electron chi connectivity index (χ1n) is 8.73. The molecule has 0 bridgehead atoms. The molecule has 0 saturated heterocycles. The third-order valence-electron chi connectivity index (χ3n) is 3.84. The van der Waals surface area contributed by atoms with Crippen molar-refractivity contribution in [1.82, 2.24) is 20.5 Å². The normalized spacial score (nSPS) is 12.1. The maximum Gasteiger partial charge on any atom is 0.191 e. The Balaban J connectivity index is 0.00000312. The van der Waals surface area contributed by atoms with Crippen LogP contribution in [0.2, 0.25) is 0 Å². The van der Waals surface area contributed by atoms with E-state index in [1.807, 2.05) is 7.05 Å². The minimum atomic E-state index is 0. The van der Waals surface area contributed by atoms with Crippen molar-refractivity contribution in [2.75, 3.05) is 26.7 Å². The van der Waals surface area contributed by atoms with Gasteiger partial charge in [-0.3, -0.25) is 4.99 Å². The summed E-state index contributed by atoms with van der Waals surface area (Å²) in [5.74, 6) is 0.864. The third-order valence-corrected chi connectivity index (χ3v) is 3.84. The molecule has 0 radical (unpaired) electrons. The summed E-state index contributed by atoms with van der Waals surface area (Å²) in [5.41, 5.74) is 1.45. The Bertz CT molecular complexity index is 657. The van der Waals surface area contributed by atoms with Crippen molar-refractivity contribution in [1.29, 1.82) is 0 Å². The Morgan fingerprint density at radius 2 is 1.76 bits per heavy atom. The maximum atomic E-state index is 4.27. The second-order valence-electron chi connectivity index (χ2n) is 7.02. The molecule has 0 aliphatic rings. The van der Waals surface area contributed by atoms with Gasteiger partial charge in [0.05, 0.1) is 0 Å². The Hall–Kier alpha value is -1.28. The van der Waals surface area contributed by atoms with Gasteiger partial charge in [-0.05, 0) is 44.7 Å². The van der Waals surface area contributed by atoms with Gasteiger partial charge in [0.15, 0.2) is 5.96 Å². The highest BCUT2D eigenvalue weighted by atomic mass is 127. The van der Waals surface area contributed by atoms with E-state index in [4.69, 9.17) is 0 Å². The average molecular weight is 457 g/mol. The number of hydrogen-bond donors (Lipinski definition) is 3. The second-order valence-corrected chi connectivity index (χ2v) is 7.02. The summed E-state index contributed by atoms with van der Waals surface area (Å²) < 4.78 is 2.31. The molecule has 1 aromatic carbocycles. The lowest BCUT2D eigenvalue weighted by atomic mass is 10.1. The van der Waals surface area contributed by atoms with Gasteiger partial charge in [-0.25, -0.2) is 0 Å². The quantitative estimate of drug-likeness (QED) is 0.259. The van der Waals surface area contributed by atoms with E-state index in [-0.39, 0.29) is 29.5 Å². The summed E-state index contributed by atoms with van der Waals surface area (Å²) in [6.45, 7) is 10.2. The van der Waals surface area contributed by atoms with Crippen LogP contribution in [0.15, 0.2) is 41.5 Å². The summed E-state index contributed by atoms with van der Waals surface area (Å²) in [4.78, 5) is 4.27. The van der Waals surface area contributed by atoms with Crippen LogP contribution in [0.1, 0.15) is 27.2 Å². The molecular weight excluding hydrogens is 425 g/mol. The molecule has 0 aliphatic carbocycles. The molecule has 0 saturated carbocycles. The van der Waals surface area contributed by atoms with Gasteiger partial charge >= 0.3 is 0 Å². The van der Waals surface area contributed by atoms with E-state index in [1.165, 1.54) is 10.9 Å². The topological polar surface area (TPSA) is 53.4 Å². The molecule has 25 heavy (non-hydrogen) atoms. The molecule has 0 aliphatic heterocycles. The Morgan fingerprint density at radius 3 is 2.48 bits per heavy atom. The van der Waals surface area contributed by atoms with E-state index in [9.17, 15) is 0 Å². The average Bonchev–Trinajstić information content (AvgIpc) is 2.96. The molecule has 2 rings (SSSR count). The third kappa shape index (κ3) is 7.64. The number of nitrogens with one attached hydrogen (secondary N) is 3. The fourth-order valence-electron chi connectivity index (χ4n) is 2.63. The smallest absolute Gasteiger partial charge is 0.191 e. The van der Waals surface area contributed by atoms with Crippen molar-refractivity contribution in [3.63, 3.8) is 0 Å². The lowest BCUT2D eigenvalue weighted by molar-refractivity contribution is 0.428. The molecule has 3 N–H and O–H groups in total. The first kappa shape index (κ1) is 21.8. The fraction of sp³-hybridized carbons (Fsp3) is 0.526. The maximum absolute atomic E-state index is 4.27. The van der Waals surface area contributed by atoms with Crippen LogP contribution in [0.3, 0.4) is 0 Å². The molecule has 6 heteroatoms. The zero-order chi connectivity index (χ0) is 17.4. The number of aromatic nitrogens is 1. The minimum Gasteiger partial charge on any atom is -0.356 e. The number of hydrogen-bond acceptors (Lipinski definition) is 2. The zero-order valence-electron chi connectivity index (χ0n) is 15.8. The number of aliphatic imine (C=N–C) groups is 1. The molecule has 5 nitrogen and oxygen atoms in total. The first-order valence-corrected chi connectivity index (χ1v) is 8.73. The molecule has 1 aromatic heterocycles. The number of nitrogens with zero attached hydrogens (tertiary/aromatic N) is 2. The highest BCUT2D eigenvalue weighted by Gasteiger charge is 2.07. The van der Waals surface area contributed by atoms with Crippen molar-refractivity contribution in [2.45, 2.75) is 39.3 Å². The van der Waals surface area contributed by atoms with E-state index in [2.05, 4.69) is 82.8 Å². The van der Waals surface area contributed by atoms with Gasteiger partial charge < -0.3 is 20.5 Å². The number of benzene rings is 1. The highest BCUT2D eigenvalue weighted by Crippen LogP contribution is 2.15. The molecule has 0 atom stereocenters. The predicted molar refractivity (Wildman–Crippen MR) is 119 cm³/mol. The fourth-order valence-corrected chi connectivity index (χ4v) is 2.63. The molecule has 0 fully saturated rings. The lowest BCUT2D eigenvalue weighted by Crippen LogP contribution is -2.44. The van der Waals surface area contributed by atoms with Crippen LogP contribution in [-0.2, 0) is 6.54 Å². The van der Waals surface area contributed by atoms with E-state index in [1.54, 1.807) is 0 Å². The highest BCUT2D eigenvalue weighted by molar-refractivity contribution is 14.0. The van der Waals surface area contributed by atoms with Crippen LogP contribution in [-0.4, -0.2) is 42.7 Å². The van der Waals surface area contributed by atoms with E-state index in [0.717, 1.165) is 38.6 Å². The largest absolute Gasteiger partial charge is 0.356 e. The molecule has 1 heterocycles. The first-order chi connectivity index (χ1) is 11.5. The number of halogens is 1. The second kappa shape index (κ2) is 10.7. The summed E-state index contributed by atoms with van der Waals surface area (Å²) >= 11 is 0. The number of guanidine groups is 1. The van der Waals surface area contributed by atoms with Crippen molar-refractivity contribution in [2.24, 2.45) is 4.99 Å². The van der Waals surface area contributed by atoms with Gasteiger partial charge in [0.2, 0.25) is 0 Å². The van der Waals surface area contributed by atoms with Crippen LogP contribution in [0.5, 0.6) is 0 Å². The van der Waals surface area contributed by atoms with Gasteiger partial charge in [0.1, 0.15) is 0 Å². The van der Waals surface area contributed by atoms with Gasteiger partial charge in [-0.2, -0.15) is 0 Å². The Morgan fingerprint density at radius 1 is 1.04 bits per heavy atom. The molecule has 0 amide bonds. The predicted octanol–water partition coefficient (Wildman–Crippen LogP) is 3.20. The molecule has 2 aromatic rings. The zero-order valence-corrected chi connectivity index (χ0v) is 18.1. The summed E-state index contributed by atoms with van der Waals surface area (Å²) in [7, 11) is 1.81. The SMILES string of the molecule is CN=C(NCCCn1ccc2ccccc21)NCCNC(C)(C)C.I. The Kier molecular flexibility index (Phi) is 9.27. The van der Waals surface area contributed by atoms with Crippen LogP contribution in [0.25, 0.3) is 10.9 Å². The number of aryl methyl sites for hydroxylation is 1. The molecular formula is C19H32IN5. The van der Waals surface area contributed by atoms with Crippen molar-refractivity contribution >= 4 is 40.8 Å². The molecule has 140 valence electrons. The van der Waals surface area contributed by atoms with Crippen LogP contribution < -0.4 is 16.0 Å². The Labute approximate surface area is 168 Å². The number of para-hydroxylation sites is 1. The molecule has 0 unspecified atom stereocenters. The number of rotatable bonds is 7. The molecule has 0 spiro atoms. The standard InChI is InChI=1S/C19H31N5.HI/c1-19(2,3)23-13-12-22-18(20-4)21-11-7-14-24-15-10-16-8-5-6-9-17(16)24;/h5-6,8-10,15,23H,7,11-14H2,1-4H3,(H2,20,21,22);1H. The lowest BCUT2D eigenvalue weighted by Gasteiger charge is -2.21. The summed E-state index contributed by atoms with van der Waals surface area (Å²) in [6.07, 6.45) is 3.22. The minimum absolute atomic E-state index is 0. The van der Waals surface area contributed by atoms with E-state index >= 15 is 0 Å². The van der Waals surface area contributed by atoms with Crippen molar-refractivity contribution in [3.8, 4) is 0 Å². The van der Waals surface area contributed by atoms with Crippen LogP contribution >= 0.6 is 24.0 Å². The van der Waals surface area contributed by atoms with Crippen LogP contribution in [0, 0.1) is 0 Å². The van der Waals surface area contributed by atoms with Gasteiger partial charge in [0, 0.05) is 50.5 Å². The van der Waals surface area contributed by atoms with Crippen molar-refractivity contribution in [3.05, 3.63) is 36.5 Å². The monoisotopic (exact) mass is 457 g/mol. The summed E-state index contributed by atoms with van der Waals surface area (Å²) in [6, 6.07) is 10.7. The van der Waals surface area contributed by atoms with Crippen molar-refractivity contribution < 1.29 is 0 Å². The van der Waals surface area contributed by atoms with Gasteiger partial charge in [0.25, 0.3) is 0 Å². The van der Waals surface area contributed by atoms with E-state index < -0.39 is 0 Å². The van der Waals surface area contributed by atoms with Crippen LogP contribution in [0.4, 0.5) is 0 Å².